The Labute approximate surface area is 95.2 Å². The first-order valence-corrected chi connectivity index (χ1v) is 4.77. The minimum Gasteiger partial charge on any atom is -0.497 e. The highest BCUT2D eigenvalue weighted by Gasteiger charge is 2.06. The van der Waals surface area contributed by atoms with Gasteiger partial charge in [0.05, 0.1) is 13.7 Å². The molecule has 16 heavy (non-hydrogen) atoms. The molecule has 1 rings (SSSR count). The summed E-state index contributed by atoms with van der Waals surface area (Å²) in [5.74, 6) is 3.14. The Morgan fingerprint density at radius 2 is 2.12 bits per heavy atom. The molecule has 0 heterocycles. The quantitative estimate of drug-likeness (QED) is 0.786. The standard InChI is InChI=1S/C12H14N2O2/c1-4-9-14(2)12(15)13-10-5-7-11(16-3)8-6-10/h1,5-8H,9H2,2-3H3,(H,13,15). The third-order valence-corrected chi connectivity index (χ3v) is 2.02. The monoisotopic (exact) mass is 218 g/mol. The van der Waals surface area contributed by atoms with E-state index in [1.54, 1.807) is 38.4 Å². The number of methoxy groups -OCH3 is 1. The van der Waals surface area contributed by atoms with Crippen LogP contribution in [0.15, 0.2) is 24.3 Å². The zero-order valence-electron chi connectivity index (χ0n) is 9.36. The van der Waals surface area contributed by atoms with E-state index in [2.05, 4.69) is 11.2 Å². The first-order valence-electron chi connectivity index (χ1n) is 4.77. The topological polar surface area (TPSA) is 41.6 Å². The highest BCUT2D eigenvalue weighted by Crippen LogP contribution is 2.15. The number of hydrogen-bond donors (Lipinski definition) is 1. The van der Waals surface area contributed by atoms with Crippen LogP contribution >= 0.6 is 0 Å². The number of carbonyl (C=O) groups is 1. The second-order valence-electron chi connectivity index (χ2n) is 3.22. The third-order valence-electron chi connectivity index (χ3n) is 2.02. The van der Waals surface area contributed by atoms with E-state index in [-0.39, 0.29) is 12.6 Å². The van der Waals surface area contributed by atoms with Gasteiger partial charge in [0, 0.05) is 12.7 Å². The fourth-order valence-electron chi connectivity index (χ4n) is 1.10. The summed E-state index contributed by atoms with van der Waals surface area (Å²) in [6.07, 6.45) is 5.11. The first kappa shape index (κ1) is 11.9. The van der Waals surface area contributed by atoms with E-state index in [0.717, 1.165) is 5.75 Å². The number of amides is 2. The molecule has 1 aromatic rings. The number of nitrogens with one attached hydrogen (secondary N) is 1. The molecule has 0 aromatic heterocycles. The molecule has 4 nitrogen and oxygen atoms in total. The largest absolute Gasteiger partial charge is 0.497 e. The second kappa shape index (κ2) is 5.66. The summed E-state index contributed by atoms with van der Waals surface area (Å²) in [4.78, 5) is 13.0. The Morgan fingerprint density at radius 3 is 2.62 bits per heavy atom. The van der Waals surface area contributed by atoms with Crippen molar-refractivity contribution >= 4 is 11.7 Å². The Balaban J connectivity index is 2.59. The van der Waals surface area contributed by atoms with E-state index in [1.165, 1.54) is 4.90 Å². The van der Waals surface area contributed by atoms with Gasteiger partial charge in [-0.2, -0.15) is 0 Å². The van der Waals surface area contributed by atoms with E-state index < -0.39 is 0 Å². The minimum atomic E-state index is -0.233. The van der Waals surface area contributed by atoms with Crippen molar-refractivity contribution in [2.75, 3.05) is 26.0 Å². The van der Waals surface area contributed by atoms with Crippen molar-refractivity contribution in [3.8, 4) is 18.1 Å². The molecule has 4 heteroatoms. The maximum Gasteiger partial charge on any atom is 0.322 e. The molecule has 0 spiro atoms. The summed E-state index contributed by atoms with van der Waals surface area (Å²) in [5.41, 5.74) is 0.703. The molecule has 0 unspecified atom stereocenters. The van der Waals surface area contributed by atoms with Crippen molar-refractivity contribution in [2.24, 2.45) is 0 Å². The number of benzene rings is 1. The predicted molar refractivity (Wildman–Crippen MR) is 63.5 cm³/mol. The maximum atomic E-state index is 11.5. The van der Waals surface area contributed by atoms with Crippen molar-refractivity contribution in [3.05, 3.63) is 24.3 Å². The van der Waals surface area contributed by atoms with Crippen molar-refractivity contribution < 1.29 is 9.53 Å². The Bertz CT molecular complexity index is 392. The molecule has 0 radical (unpaired) electrons. The molecular formula is C12H14N2O2. The first-order chi connectivity index (χ1) is 7.67. The van der Waals surface area contributed by atoms with E-state index in [9.17, 15) is 4.79 Å². The van der Waals surface area contributed by atoms with Crippen LogP contribution < -0.4 is 10.1 Å². The fourth-order valence-corrected chi connectivity index (χ4v) is 1.10. The molecule has 2 amide bonds. The molecule has 1 aromatic carbocycles. The predicted octanol–water partition coefficient (Wildman–Crippen LogP) is 1.79. The summed E-state index contributed by atoms with van der Waals surface area (Å²) in [6, 6.07) is 6.84. The molecule has 0 aliphatic heterocycles. The average Bonchev–Trinajstić information content (AvgIpc) is 2.30. The molecule has 0 saturated carbocycles. The Morgan fingerprint density at radius 1 is 1.50 bits per heavy atom. The van der Waals surface area contributed by atoms with Crippen molar-refractivity contribution in [1.82, 2.24) is 4.90 Å². The van der Waals surface area contributed by atoms with Crippen LogP contribution in [0, 0.1) is 12.3 Å². The number of anilines is 1. The summed E-state index contributed by atoms with van der Waals surface area (Å²) < 4.78 is 5.01. The van der Waals surface area contributed by atoms with Gasteiger partial charge in [-0.25, -0.2) is 4.79 Å². The Hall–Kier alpha value is -2.15. The third kappa shape index (κ3) is 3.21. The van der Waals surface area contributed by atoms with Crippen LogP contribution in [0.25, 0.3) is 0 Å². The molecule has 84 valence electrons. The highest BCUT2D eigenvalue weighted by atomic mass is 16.5. The molecule has 0 aliphatic carbocycles. The zero-order chi connectivity index (χ0) is 12.0. The van der Waals surface area contributed by atoms with Crippen LogP contribution in [0.3, 0.4) is 0 Å². The van der Waals surface area contributed by atoms with Gasteiger partial charge >= 0.3 is 6.03 Å². The summed E-state index contributed by atoms with van der Waals surface area (Å²) >= 11 is 0. The van der Waals surface area contributed by atoms with Crippen molar-refractivity contribution in [3.63, 3.8) is 0 Å². The molecule has 0 saturated heterocycles. The van der Waals surface area contributed by atoms with Crippen LogP contribution in [0.2, 0.25) is 0 Å². The fraction of sp³-hybridized carbons (Fsp3) is 0.250. The van der Waals surface area contributed by atoms with Crippen LogP contribution in [0.4, 0.5) is 10.5 Å². The smallest absolute Gasteiger partial charge is 0.322 e. The molecular weight excluding hydrogens is 204 g/mol. The summed E-state index contributed by atoms with van der Waals surface area (Å²) in [5, 5.41) is 2.71. The number of hydrogen-bond acceptors (Lipinski definition) is 2. The van der Waals surface area contributed by atoms with Crippen LogP contribution in [-0.2, 0) is 0 Å². The van der Waals surface area contributed by atoms with Crippen LogP contribution in [0.1, 0.15) is 0 Å². The SMILES string of the molecule is C#CCN(C)C(=O)Nc1ccc(OC)cc1. The van der Waals surface area contributed by atoms with Gasteiger partial charge in [0.1, 0.15) is 5.75 Å². The van der Waals surface area contributed by atoms with Gasteiger partial charge in [0.15, 0.2) is 0 Å². The lowest BCUT2D eigenvalue weighted by atomic mass is 10.3. The van der Waals surface area contributed by atoms with Crippen molar-refractivity contribution in [1.29, 1.82) is 0 Å². The lowest BCUT2D eigenvalue weighted by Crippen LogP contribution is -2.31. The number of ether oxygens (including phenoxy) is 1. The van der Waals surface area contributed by atoms with Gasteiger partial charge in [0.2, 0.25) is 0 Å². The molecule has 0 aliphatic rings. The van der Waals surface area contributed by atoms with E-state index in [1.807, 2.05) is 0 Å². The number of rotatable bonds is 3. The van der Waals surface area contributed by atoms with Gasteiger partial charge in [-0.1, -0.05) is 5.92 Å². The zero-order valence-corrected chi connectivity index (χ0v) is 9.36. The second-order valence-corrected chi connectivity index (χ2v) is 3.22. The summed E-state index contributed by atoms with van der Waals surface area (Å²) in [7, 11) is 3.23. The van der Waals surface area contributed by atoms with Gasteiger partial charge in [-0.05, 0) is 24.3 Å². The van der Waals surface area contributed by atoms with E-state index >= 15 is 0 Å². The van der Waals surface area contributed by atoms with Crippen molar-refractivity contribution in [2.45, 2.75) is 0 Å². The van der Waals surface area contributed by atoms with E-state index in [4.69, 9.17) is 11.2 Å². The Kier molecular flexibility index (Phi) is 4.22. The number of nitrogens with zero attached hydrogens (tertiary/aromatic N) is 1. The lowest BCUT2D eigenvalue weighted by molar-refractivity contribution is 0.227. The number of urea groups is 1. The van der Waals surface area contributed by atoms with Gasteiger partial charge in [-0.3, -0.25) is 0 Å². The van der Waals surface area contributed by atoms with Gasteiger partial charge in [0.25, 0.3) is 0 Å². The van der Waals surface area contributed by atoms with E-state index in [0.29, 0.717) is 5.69 Å². The van der Waals surface area contributed by atoms with Crippen LogP contribution in [0.5, 0.6) is 5.75 Å². The molecule has 0 bridgehead atoms. The lowest BCUT2D eigenvalue weighted by Gasteiger charge is -2.14. The molecule has 1 N–H and O–H groups in total. The minimum absolute atomic E-state index is 0.233. The summed E-state index contributed by atoms with van der Waals surface area (Å²) in [6.45, 7) is 0.280. The van der Waals surface area contributed by atoms with Crippen LogP contribution in [-0.4, -0.2) is 31.6 Å². The number of carbonyl (C=O) groups excluding carboxylic acids is 1. The molecule has 0 fully saturated rings. The molecule has 0 atom stereocenters. The number of terminal acetylenes is 1. The normalized spacial score (nSPS) is 9.06. The van der Waals surface area contributed by atoms with Gasteiger partial charge < -0.3 is 15.0 Å². The average molecular weight is 218 g/mol. The highest BCUT2D eigenvalue weighted by molar-refractivity contribution is 5.89. The maximum absolute atomic E-state index is 11.5. The van der Waals surface area contributed by atoms with Gasteiger partial charge in [-0.15, -0.1) is 6.42 Å².